The maximum absolute atomic E-state index is 5.86. The second-order valence-electron chi connectivity index (χ2n) is 10.6. The number of rotatable bonds is 7. The number of aliphatic imine (C=N–C) groups is 1. The number of fused-ring (bicyclic) bond motifs is 3. The molecule has 0 radical (unpaired) electrons. The van der Waals surface area contributed by atoms with Crippen molar-refractivity contribution in [2.24, 2.45) is 10.7 Å². The molecule has 0 amide bonds. The van der Waals surface area contributed by atoms with Crippen LogP contribution in [0.25, 0.3) is 49.7 Å². The zero-order chi connectivity index (χ0) is 29.0. The molecule has 0 aliphatic rings. The van der Waals surface area contributed by atoms with Gasteiger partial charge < -0.3 is 10.3 Å². The van der Waals surface area contributed by atoms with Gasteiger partial charge in [-0.15, -0.1) is 0 Å². The van der Waals surface area contributed by atoms with Gasteiger partial charge in [-0.1, -0.05) is 121 Å². The number of nitrogens with two attached hydrogens (primary N) is 1. The first kappa shape index (κ1) is 26.2. The Morgan fingerprint density at radius 2 is 1.09 bits per heavy atom. The molecule has 206 valence electrons. The Morgan fingerprint density at radius 1 is 0.535 bits per heavy atom. The number of aromatic nitrogens is 1. The van der Waals surface area contributed by atoms with E-state index in [-0.39, 0.29) is 6.04 Å². The third kappa shape index (κ3) is 5.25. The van der Waals surface area contributed by atoms with E-state index in [9.17, 15) is 0 Å². The van der Waals surface area contributed by atoms with Gasteiger partial charge in [0, 0.05) is 22.7 Å². The molecule has 0 aliphatic carbocycles. The van der Waals surface area contributed by atoms with E-state index in [1.165, 1.54) is 38.5 Å². The first-order valence-electron chi connectivity index (χ1n) is 14.5. The summed E-state index contributed by atoms with van der Waals surface area (Å²) in [5, 5.41) is 2.52. The number of benzene rings is 6. The average Bonchev–Trinajstić information content (AvgIpc) is 3.42. The van der Waals surface area contributed by atoms with E-state index >= 15 is 0 Å². The molecule has 0 saturated heterocycles. The maximum Gasteiger partial charge on any atom is 0.0947 e. The predicted octanol–water partition coefficient (Wildman–Crippen LogP) is 9.75. The van der Waals surface area contributed by atoms with Gasteiger partial charge in [-0.2, -0.15) is 0 Å². The Labute approximate surface area is 251 Å². The minimum Gasteiger partial charge on any atom is -0.405 e. The van der Waals surface area contributed by atoms with Crippen molar-refractivity contribution >= 4 is 28.0 Å². The summed E-state index contributed by atoms with van der Waals surface area (Å²) in [6, 6.07) is 53.2. The van der Waals surface area contributed by atoms with Crippen LogP contribution in [0.5, 0.6) is 0 Å². The van der Waals surface area contributed by atoms with E-state index in [1.54, 1.807) is 6.20 Å². The van der Waals surface area contributed by atoms with Crippen LogP contribution in [0, 0.1) is 0 Å². The second-order valence-corrected chi connectivity index (χ2v) is 10.6. The molecule has 1 atom stereocenters. The molecule has 3 nitrogen and oxygen atoms in total. The van der Waals surface area contributed by atoms with Gasteiger partial charge in [0.15, 0.2) is 0 Å². The second kappa shape index (κ2) is 11.7. The van der Waals surface area contributed by atoms with E-state index in [0.717, 1.165) is 22.4 Å². The third-order valence-electron chi connectivity index (χ3n) is 7.96. The quantitative estimate of drug-likeness (QED) is 0.196. The highest BCUT2D eigenvalue weighted by atomic mass is 15.0. The number of nitrogens with zero attached hydrogens (tertiary/aromatic N) is 2. The SMILES string of the molecule is N/C=C\C(N=Cc1ccc(-n2c3ccccc3c3ccccc32)cc1)c1cccc(-c2ccc(-c3ccccc3)cc2)c1. The van der Waals surface area contributed by atoms with Crippen LogP contribution >= 0.6 is 0 Å². The predicted molar refractivity (Wildman–Crippen MR) is 182 cm³/mol. The van der Waals surface area contributed by atoms with Crippen molar-refractivity contribution in [3.05, 3.63) is 175 Å². The highest BCUT2D eigenvalue weighted by molar-refractivity contribution is 6.09. The first-order valence-corrected chi connectivity index (χ1v) is 14.5. The van der Waals surface area contributed by atoms with Crippen molar-refractivity contribution in [1.29, 1.82) is 0 Å². The Bertz CT molecular complexity index is 2010. The average molecular weight is 554 g/mol. The lowest BCUT2D eigenvalue weighted by Crippen LogP contribution is -1.97. The molecule has 7 aromatic rings. The largest absolute Gasteiger partial charge is 0.405 e. The van der Waals surface area contributed by atoms with E-state index in [4.69, 9.17) is 10.7 Å². The molecule has 0 aliphatic heterocycles. The van der Waals surface area contributed by atoms with Crippen molar-refractivity contribution in [3.63, 3.8) is 0 Å². The molecule has 6 aromatic carbocycles. The Kier molecular flexibility index (Phi) is 7.12. The molecule has 3 heteroatoms. The van der Waals surface area contributed by atoms with Crippen LogP contribution in [0.2, 0.25) is 0 Å². The standard InChI is InChI=1S/C40H31N3/c41-26-25-38(34-12-8-11-33(27-34)32-21-19-31(20-22-32)30-9-2-1-3-10-30)42-28-29-17-23-35(24-18-29)43-39-15-6-4-13-36(39)37-14-5-7-16-40(37)43/h1-28,38H,41H2/b26-25-,42-28?. The maximum atomic E-state index is 5.86. The van der Waals surface area contributed by atoms with Crippen LogP contribution in [0.1, 0.15) is 17.2 Å². The first-order chi connectivity index (χ1) is 21.3. The summed E-state index contributed by atoms with van der Waals surface area (Å²) in [4.78, 5) is 4.94. The van der Waals surface area contributed by atoms with Crippen molar-refractivity contribution in [2.75, 3.05) is 0 Å². The van der Waals surface area contributed by atoms with Gasteiger partial charge >= 0.3 is 0 Å². The minimum absolute atomic E-state index is 0.189. The fraction of sp³-hybridized carbons (Fsp3) is 0.0250. The smallest absolute Gasteiger partial charge is 0.0947 e. The van der Waals surface area contributed by atoms with Gasteiger partial charge in [0.1, 0.15) is 0 Å². The molecule has 0 bridgehead atoms. The summed E-state index contributed by atoms with van der Waals surface area (Å²) in [5.74, 6) is 0. The van der Waals surface area contributed by atoms with Crippen LogP contribution < -0.4 is 5.73 Å². The molecule has 0 spiro atoms. The lowest BCUT2D eigenvalue weighted by Gasteiger charge is -2.11. The Morgan fingerprint density at radius 3 is 1.74 bits per heavy atom. The molecular formula is C40H31N3. The van der Waals surface area contributed by atoms with E-state index in [0.29, 0.717) is 0 Å². The van der Waals surface area contributed by atoms with E-state index in [1.807, 2.05) is 18.4 Å². The monoisotopic (exact) mass is 553 g/mol. The molecule has 7 rings (SSSR count). The van der Waals surface area contributed by atoms with Crippen LogP contribution in [0.4, 0.5) is 0 Å². The molecule has 1 unspecified atom stereocenters. The van der Waals surface area contributed by atoms with Gasteiger partial charge in [-0.05, 0) is 76.0 Å². The summed E-state index contributed by atoms with van der Waals surface area (Å²) >= 11 is 0. The molecule has 0 saturated carbocycles. The summed E-state index contributed by atoms with van der Waals surface area (Å²) in [7, 11) is 0. The minimum atomic E-state index is -0.189. The molecule has 43 heavy (non-hydrogen) atoms. The van der Waals surface area contributed by atoms with Crippen LogP contribution in [-0.2, 0) is 0 Å². The molecule has 1 aromatic heterocycles. The van der Waals surface area contributed by atoms with Crippen molar-refractivity contribution < 1.29 is 0 Å². The van der Waals surface area contributed by atoms with Gasteiger partial charge in [0.05, 0.1) is 17.1 Å². The molecule has 1 heterocycles. The van der Waals surface area contributed by atoms with E-state index in [2.05, 4.69) is 150 Å². The normalized spacial score (nSPS) is 12.5. The molecule has 2 N–H and O–H groups in total. The Hall–Kier alpha value is -5.67. The van der Waals surface area contributed by atoms with Crippen LogP contribution in [0.3, 0.4) is 0 Å². The summed E-state index contributed by atoms with van der Waals surface area (Å²) < 4.78 is 2.32. The lowest BCUT2D eigenvalue weighted by atomic mass is 9.97. The zero-order valence-electron chi connectivity index (χ0n) is 23.7. The van der Waals surface area contributed by atoms with Gasteiger partial charge in [-0.3, -0.25) is 4.99 Å². The molecular weight excluding hydrogens is 522 g/mol. The fourth-order valence-electron chi connectivity index (χ4n) is 5.82. The van der Waals surface area contributed by atoms with Crippen LogP contribution in [-0.4, -0.2) is 10.8 Å². The highest BCUT2D eigenvalue weighted by Gasteiger charge is 2.12. The summed E-state index contributed by atoms with van der Waals surface area (Å²) in [6.07, 6.45) is 5.44. The van der Waals surface area contributed by atoms with Gasteiger partial charge in [-0.25, -0.2) is 0 Å². The van der Waals surface area contributed by atoms with Crippen molar-refractivity contribution in [3.8, 4) is 27.9 Å². The number of para-hydroxylation sites is 2. The summed E-state index contributed by atoms with van der Waals surface area (Å²) in [5.41, 5.74) is 16.3. The lowest BCUT2D eigenvalue weighted by molar-refractivity contribution is 0.915. The van der Waals surface area contributed by atoms with Gasteiger partial charge in [0.2, 0.25) is 0 Å². The number of hydrogen-bond acceptors (Lipinski definition) is 2. The zero-order valence-corrected chi connectivity index (χ0v) is 23.7. The highest BCUT2D eigenvalue weighted by Crippen LogP contribution is 2.32. The fourth-order valence-corrected chi connectivity index (χ4v) is 5.82. The van der Waals surface area contributed by atoms with Gasteiger partial charge in [0.25, 0.3) is 0 Å². The number of hydrogen-bond donors (Lipinski definition) is 1. The summed E-state index contributed by atoms with van der Waals surface area (Å²) in [6.45, 7) is 0. The van der Waals surface area contributed by atoms with Crippen LogP contribution in [0.15, 0.2) is 169 Å². The van der Waals surface area contributed by atoms with E-state index < -0.39 is 0 Å². The van der Waals surface area contributed by atoms with Crippen molar-refractivity contribution in [1.82, 2.24) is 4.57 Å². The Balaban J connectivity index is 1.14. The third-order valence-corrected chi connectivity index (χ3v) is 7.96. The topological polar surface area (TPSA) is 43.3 Å². The van der Waals surface area contributed by atoms with Crippen molar-refractivity contribution in [2.45, 2.75) is 6.04 Å². The molecule has 0 fully saturated rings.